The second-order valence-electron chi connectivity index (χ2n) is 3.64. The SMILES string of the molecule is CC1COc2c1cc([C@H](C)O)nc2Cl. The highest BCUT2D eigenvalue weighted by molar-refractivity contribution is 6.31. The number of nitrogens with zero attached hydrogens (tertiary/aromatic N) is 1. The van der Waals surface area contributed by atoms with E-state index in [9.17, 15) is 5.11 Å². The summed E-state index contributed by atoms with van der Waals surface area (Å²) in [5.74, 6) is 0.992. The van der Waals surface area contributed by atoms with Crippen molar-refractivity contribution in [3.05, 3.63) is 22.5 Å². The monoisotopic (exact) mass is 213 g/mol. The molecule has 0 aromatic carbocycles. The fourth-order valence-corrected chi connectivity index (χ4v) is 1.82. The third-order valence-corrected chi connectivity index (χ3v) is 2.67. The van der Waals surface area contributed by atoms with Gasteiger partial charge in [0.1, 0.15) is 0 Å². The summed E-state index contributed by atoms with van der Waals surface area (Å²) in [6.07, 6.45) is -0.592. The summed E-state index contributed by atoms with van der Waals surface area (Å²) in [5, 5.41) is 9.75. The lowest BCUT2D eigenvalue weighted by Gasteiger charge is -2.08. The van der Waals surface area contributed by atoms with E-state index in [0.29, 0.717) is 29.1 Å². The van der Waals surface area contributed by atoms with Crippen LogP contribution in [0.3, 0.4) is 0 Å². The molecule has 1 unspecified atom stereocenters. The summed E-state index contributed by atoms with van der Waals surface area (Å²) >= 11 is 5.94. The van der Waals surface area contributed by atoms with Crippen LogP contribution in [0.25, 0.3) is 0 Å². The summed E-state index contributed by atoms with van der Waals surface area (Å²) < 4.78 is 5.40. The topological polar surface area (TPSA) is 42.4 Å². The molecule has 0 amide bonds. The van der Waals surface area contributed by atoms with Crippen LogP contribution in [0, 0.1) is 0 Å². The van der Waals surface area contributed by atoms with Crippen molar-refractivity contribution in [1.29, 1.82) is 0 Å². The Morgan fingerprint density at radius 3 is 3.07 bits per heavy atom. The van der Waals surface area contributed by atoms with E-state index >= 15 is 0 Å². The minimum atomic E-state index is -0.592. The molecule has 0 radical (unpaired) electrons. The number of fused-ring (bicyclic) bond motifs is 1. The first-order valence-corrected chi connectivity index (χ1v) is 4.98. The molecule has 2 rings (SSSR count). The zero-order chi connectivity index (χ0) is 10.3. The Morgan fingerprint density at radius 1 is 1.71 bits per heavy atom. The molecule has 0 aliphatic carbocycles. The number of aliphatic hydroxyl groups is 1. The number of pyridine rings is 1. The van der Waals surface area contributed by atoms with Gasteiger partial charge in [-0.3, -0.25) is 0 Å². The Balaban J connectivity index is 2.52. The van der Waals surface area contributed by atoms with Gasteiger partial charge in [-0.05, 0) is 13.0 Å². The van der Waals surface area contributed by atoms with Crippen molar-refractivity contribution in [3.63, 3.8) is 0 Å². The molecule has 0 fully saturated rings. The molecule has 0 saturated heterocycles. The van der Waals surface area contributed by atoms with Gasteiger partial charge in [-0.2, -0.15) is 0 Å². The average Bonchev–Trinajstić information content (AvgIpc) is 2.48. The molecule has 1 aromatic heterocycles. The van der Waals surface area contributed by atoms with Gasteiger partial charge < -0.3 is 9.84 Å². The largest absolute Gasteiger partial charge is 0.489 e. The average molecular weight is 214 g/mol. The van der Waals surface area contributed by atoms with Crippen molar-refractivity contribution in [2.45, 2.75) is 25.9 Å². The summed E-state index contributed by atoms with van der Waals surface area (Å²) in [5.41, 5.74) is 1.65. The maximum absolute atomic E-state index is 9.40. The molecule has 1 aromatic rings. The summed E-state index contributed by atoms with van der Waals surface area (Å²) in [6.45, 7) is 4.37. The lowest BCUT2D eigenvalue weighted by Crippen LogP contribution is -1.98. The van der Waals surface area contributed by atoms with E-state index < -0.39 is 6.10 Å². The van der Waals surface area contributed by atoms with Crippen LogP contribution in [0.4, 0.5) is 0 Å². The Bertz CT molecular complexity index is 365. The molecular formula is C10H12ClNO2. The van der Waals surface area contributed by atoms with Gasteiger partial charge in [-0.25, -0.2) is 4.98 Å². The number of halogens is 1. The van der Waals surface area contributed by atoms with Crippen molar-refractivity contribution in [2.24, 2.45) is 0 Å². The Kier molecular flexibility index (Phi) is 2.37. The van der Waals surface area contributed by atoms with E-state index in [1.165, 1.54) is 0 Å². The third-order valence-electron chi connectivity index (χ3n) is 2.42. The first kappa shape index (κ1) is 9.74. The van der Waals surface area contributed by atoms with Gasteiger partial charge in [-0.1, -0.05) is 18.5 Å². The van der Waals surface area contributed by atoms with Gasteiger partial charge in [0.25, 0.3) is 0 Å². The van der Waals surface area contributed by atoms with Gasteiger partial charge >= 0.3 is 0 Å². The van der Waals surface area contributed by atoms with Crippen molar-refractivity contribution in [2.75, 3.05) is 6.61 Å². The van der Waals surface area contributed by atoms with Gasteiger partial charge in [0.2, 0.25) is 0 Å². The fraction of sp³-hybridized carbons (Fsp3) is 0.500. The fourth-order valence-electron chi connectivity index (χ4n) is 1.56. The highest BCUT2D eigenvalue weighted by Gasteiger charge is 2.25. The maximum atomic E-state index is 9.40. The predicted molar refractivity (Wildman–Crippen MR) is 53.8 cm³/mol. The molecule has 76 valence electrons. The lowest BCUT2D eigenvalue weighted by atomic mass is 10.0. The van der Waals surface area contributed by atoms with E-state index in [0.717, 1.165) is 5.56 Å². The van der Waals surface area contributed by atoms with Gasteiger partial charge in [0.05, 0.1) is 18.4 Å². The molecule has 14 heavy (non-hydrogen) atoms. The van der Waals surface area contributed by atoms with Crippen LogP contribution in [-0.4, -0.2) is 16.7 Å². The van der Waals surface area contributed by atoms with Crippen molar-refractivity contribution in [1.82, 2.24) is 4.98 Å². The van der Waals surface area contributed by atoms with Crippen LogP contribution in [0.1, 0.15) is 37.1 Å². The van der Waals surface area contributed by atoms with Crippen LogP contribution < -0.4 is 4.74 Å². The molecule has 3 nitrogen and oxygen atoms in total. The smallest absolute Gasteiger partial charge is 0.171 e. The first-order valence-electron chi connectivity index (χ1n) is 4.60. The van der Waals surface area contributed by atoms with Crippen LogP contribution in [0.5, 0.6) is 5.75 Å². The quantitative estimate of drug-likeness (QED) is 0.728. The predicted octanol–water partition coefficient (Wildman–Crippen LogP) is 2.28. The van der Waals surface area contributed by atoms with Crippen LogP contribution in [0.15, 0.2) is 6.07 Å². The zero-order valence-electron chi connectivity index (χ0n) is 8.12. The molecule has 2 atom stereocenters. The summed E-state index contributed by atoms with van der Waals surface area (Å²) in [4.78, 5) is 4.07. The molecule has 1 aliphatic rings. The molecule has 2 heterocycles. The van der Waals surface area contributed by atoms with Crippen LogP contribution >= 0.6 is 11.6 Å². The van der Waals surface area contributed by atoms with E-state index in [2.05, 4.69) is 11.9 Å². The van der Waals surface area contributed by atoms with Crippen molar-refractivity contribution < 1.29 is 9.84 Å². The minimum Gasteiger partial charge on any atom is -0.489 e. The third kappa shape index (κ3) is 1.47. The minimum absolute atomic E-state index is 0.322. The number of aromatic nitrogens is 1. The highest BCUT2D eigenvalue weighted by Crippen LogP contribution is 2.39. The van der Waals surface area contributed by atoms with E-state index in [1.807, 2.05) is 6.07 Å². The molecule has 0 bridgehead atoms. The van der Waals surface area contributed by atoms with Gasteiger partial charge in [0, 0.05) is 11.5 Å². The van der Waals surface area contributed by atoms with Gasteiger partial charge in [-0.15, -0.1) is 0 Å². The van der Waals surface area contributed by atoms with Crippen molar-refractivity contribution >= 4 is 11.6 Å². The number of hydrogen-bond acceptors (Lipinski definition) is 3. The van der Waals surface area contributed by atoms with Gasteiger partial charge in [0.15, 0.2) is 10.9 Å². The maximum Gasteiger partial charge on any atom is 0.171 e. The Hall–Kier alpha value is -0.800. The van der Waals surface area contributed by atoms with E-state index in [-0.39, 0.29) is 0 Å². The number of hydrogen-bond donors (Lipinski definition) is 1. The Morgan fingerprint density at radius 2 is 2.43 bits per heavy atom. The van der Waals surface area contributed by atoms with Crippen molar-refractivity contribution in [3.8, 4) is 5.75 Å². The lowest BCUT2D eigenvalue weighted by molar-refractivity contribution is 0.194. The van der Waals surface area contributed by atoms with Crippen LogP contribution in [-0.2, 0) is 0 Å². The molecule has 0 saturated carbocycles. The first-order chi connectivity index (χ1) is 6.59. The van der Waals surface area contributed by atoms with E-state index in [1.54, 1.807) is 6.92 Å². The summed E-state index contributed by atoms with van der Waals surface area (Å²) in [6, 6.07) is 1.86. The number of aliphatic hydroxyl groups excluding tert-OH is 1. The normalized spacial score (nSPS) is 21.6. The standard InChI is InChI=1S/C10H12ClNO2/c1-5-4-14-9-7(5)3-8(6(2)13)12-10(9)11/h3,5-6,13H,4H2,1-2H3/t5?,6-/m0/s1. The molecule has 0 spiro atoms. The molecule has 4 heteroatoms. The second kappa shape index (κ2) is 3.41. The molecule has 1 N–H and O–H groups in total. The number of rotatable bonds is 1. The molecule has 1 aliphatic heterocycles. The highest BCUT2D eigenvalue weighted by atomic mass is 35.5. The summed E-state index contributed by atoms with van der Waals surface area (Å²) in [7, 11) is 0. The van der Waals surface area contributed by atoms with Crippen LogP contribution in [0.2, 0.25) is 5.15 Å². The second-order valence-corrected chi connectivity index (χ2v) is 4.00. The number of ether oxygens (including phenoxy) is 1. The molecular weight excluding hydrogens is 202 g/mol. The Labute approximate surface area is 87.7 Å². The van der Waals surface area contributed by atoms with E-state index in [4.69, 9.17) is 16.3 Å². The zero-order valence-corrected chi connectivity index (χ0v) is 8.88.